The van der Waals surface area contributed by atoms with Gasteiger partial charge < -0.3 is 14.7 Å². The number of aliphatic hydroxyl groups is 1. The van der Waals surface area contributed by atoms with E-state index in [1.807, 2.05) is 0 Å². The minimum Gasteiger partial charge on any atom is -0.393 e. The molecule has 3 rings (SSSR count). The van der Waals surface area contributed by atoms with Gasteiger partial charge in [0, 0.05) is 18.0 Å². The van der Waals surface area contributed by atoms with Gasteiger partial charge >= 0.3 is 0 Å². The summed E-state index contributed by atoms with van der Waals surface area (Å²) in [5, 5.41) is 10.1. The molecule has 0 spiro atoms. The first-order valence-electron chi connectivity index (χ1n) is 8.05. The van der Waals surface area contributed by atoms with Gasteiger partial charge in [0.1, 0.15) is 11.6 Å². The number of hydrogen-bond donors (Lipinski definition) is 1. The van der Waals surface area contributed by atoms with Crippen molar-refractivity contribution in [3.05, 3.63) is 35.4 Å². The maximum absolute atomic E-state index is 13.8. The number of hydrogen-bond acceptors (Lipinski definition) is 3. The van der Waals surface area contributed by atoms with Crippen LogP contribution in [0.15, 0.2) is 18.2 Å². The summed E-state index contributed by atoms with van der Waals surface area (Å²) in [7, 11) is 0. The molecule has 3 atom stereocenters. The predicted molar refractivity (Wildman–Crippen MR) is 79.7 cm³/mol. The number of carbonyl (C=O) groups excluding carboxylic acids is 1. The summed E-state index contributed by atoms with van der Waals surface area (Å²) in [5.41, 5.74) is 0.0622. The molecule has 0 aromatic heterocycles. The van der Waals surface area contributed by atoms with E-state index >= 15 is 0 Å². The van der Waals surface area contributed by atoms with Crippen molar-refractivity contribution in [1.29, 1.82) is 0 Å². The Morgan fingerprint density at radius 1 is 1.35 bits per heavy atom. The van der Waals surface area contributed by atoms with Gasteiger partial charge in [-0.2, -0.15) is 0 Å². The van der Waals surface area contributed by atoms with Gasteiger partial charge in [-0.05, 0) is 31.0 Å². The molecular formula is C17H21F2NO3. The van der Waals surface area contributed by atoms with E-state index in [2.05, 4.69) is 0 Å². The highest BCUT2D eigenvalue weighted by Gasteiger charge is 2.39. The summed E-state index contributed by atoms with van der Waals surface area (Å²) in [6.07, 6.45) is 1.92. The monoisotopic (exact) mass is 325 g/mol. The topological polar surface area (TPSA) is 49.8 Å². The van der Waals surface area contributed by atoms with Crippen LogP contribution < -0.4 is 0 Å². The van der Waals surface area contributed by atoms with Crippen LogP contribution in [0.3, 0.4) is 0 Å². The number of carbonyl (C=O) groups is 1. The fraction of sp³-hybridized carbons (Fsp3) is 0.588. The standard InChI is InChI=1S/C17H21F2NO3/c18-12-4-5-14(19)11(8-12)9-17(22)20-6-7-23-10-15(20)13-2-1-3-16(13)21/h4-5,8,13,15-16,21H,1-3,6-7,9-10H2/t13-,15-,16-/m1/s1. The van der Waals surface area contributed by atoms with Crippen LogP contribution in [0.1, 0.15) is 24.8 Å². The Balaban J connectivity index is 1.74. The van der Waals surface area contributed by atoms with E-state index in [-0.39, 0.29) is 29.9 Å². The molecule has 23 heavy (non-hydrogen) atoms. The summed E-state index contributed by atoms with van der Waals surface area (Å²) < 4.78 is 32.5. The quantitative estimate of drug-likeness (QED) is 0.923. The lowest BCUT2D eigenvalue weighted by atomic mass is 9.93. The summed E-state index contributed by atoms with van der Waals surface area (Å²) in [5.74, 6) is -1.39. The first-order valence-corrected chi connectivity index (χ1v) is 8.05. The molecule has 4 nitrogen and oxygen atoms in total. The largest absolute Gasteiger partial charge is 0.393 e. The molecule has 1 aliphatic heterocycles. The molecular weight excluding hydrogens is 304 g/mol. The number of amides is 1. The Bertz CT molecular complexity index is 581. The van der Waals surface area contributed by atoms with Crippen LogP contribution in [-0.2, 0) is 16.0 Å². The van der Waals surface area contributed by atoms with Crippen molar-refractivity contribution in [3.63, 3.8) is 0 Å². The molecule has 1 aromatic carbocycles. The molecule has 1 heterocycles. The molecule has 0 bridgehead atoms. The van der Waals surface area contributed by atoms with Gasteiger partial charge in [-0.25, -0.2) is 8.78 Å². The van der Waals surface area contributed by atoms with Crippen LogP contribution in [0.2, 0.25) is 0 Å². The number of benzene rings is 1. The lowest BCUT2D eigenvalue weighted by Crippen LogP contribution is -2.54. The maximum Gasteiger partial charge on any atom is 0.227 e. The van der Waals surface area contributed by atoms with E-state index < -0.39 is 17.7 Å². The summed E-state index contributed by atoms with van der Waals surface area (Å²) in [6, 6.07) is 2.95. The van der Waals surface area contributed by atoms with Crippen molar-refractivity contribution in [2.24, 2.45) is 5.92 Å². The fourth-order valence-electron chi connectivity index (χ4n) is 3.65. The van der Waals surface area contributed by atoms with Crippen LogP contribution in [0, 0.1) is 17.6 Å². The van der Waals surface area contributed by atoms with Crippen molar-refractivity contribution in [1.82, 2.24) is 4.90 Å². The van der Waals surface area contributed by atoms with Gasteiger partial charge in [0.25, 0.3) is 0 Å². The predicted octanol–water partition coefficient (Wildman–Crippen LogP) is 1.90. The molecule has 1 N–H and O–H groups in total. The summed E-state index contributed by atoms with van der Waals surface area (Å²) in [6.45, 7) is 1.24. The number of halogens is 2. The molecule has 0 unspecified atom stereocenters. The van der Waals surface area contributed by atoms with E-state index in [9.17, 15) is 18.7 Å². The zero-order valence-electron chi connectivity index (χ0n) is 12.9. The van der Waals surface area contributed by atoms with Gasteiger partial charge in [-0.3, -0.25) is 4.79 Å². The van der Waals surface area contributed by atoms with Gasteiger partial charge in [0.15, 0.2) is 0 Å². The van der Waals surface area contributed by atoms with E-state index in [1.54, 1.807) is 4.90 Å². The number of nitrogens with zero attached hydrogens (tertiary/aromatic N) is 1. The number of rotatable bonds is 3. The van der Waals surface area contributed by atoms with Gasteiger partial charge in [0.05, 0.1) is 31.8 Å². The Morgan fingerprint density at radius 2 is 2.17 bits per heavy atom. The lowest BCUT2D eigenvalue weighted by molar-refractivity contribution is -0.143. The summed E-state index contributed by atoms with van der Waals surface area (Å²) >= 11 is 0. The smallest absolute Gasteiger partial charge is 0.227 e. The van der Waals surface area contributed by atoms with Crippen LogP contribution in [0.4, 0.5) is 8.78 Å². The second-order valence-corrected chi connectivity index (χ2v) is 6.30. The first-order chi connectivity index (χ1) is 11.1. The van der Waals surface area contributed by atoms with Crippen molar-refractivity contribution in [2.45, 2.75) is 37.8 Å². The molecule has 1 saturated carbocycles. The van der Waals surface area contributed by atoms with Crippen molar-refractivity contribution in [3.8, 4) is 0 Å². The Labute approximate surface area is 134 Å². The van der Waals surface area contributed by atoms with Crippen molar-refractivity contribution >= 4 is 5.91 Å². The van der Waals surface area contributed by atoms with E-state index in [0.717, 1.165) is 37.5 Å². The lowest BCUT2D eigenvalue weighted by Gasteiger charge is -2.40. The summed E-state index contributed by atoms with van der Waals surface area (Å²) in [4.78, 5) is 14.3. The van der Waals surface area contributed by atoms with Crippen LogP contribution >= 0.6 is 0 Å². The maximum atomic E-state index is 13.8. The highest BCUT2D eigenvalue weighted by molar-refractivity contribution is 5.79. The third-order valence-electron chi connectivity index (χ3n) is 4.86. The average molecular weight is 325 g/mol. The molecule has 126 valence electrons. The third kappa shape index (κ3) is 3.53. The van der Waals surface area contributed by atoms with Crippen LogP contribution in [0.25, 0.3) is 0 Å². The van der Waals surface area contributed by atoms with Crippen LogP contribution in [-0.4, -0.2) is 47.8 Å². The highest BCUT2D eigenvalue weighted by Crippen LogP contribution is 2.32. The van der Waals surface area contributed by atoms with Gasteiger partial charge in [-0.1, -0.05) is 6.42 Å². The number of aliphatic hydroxyl groups excluding tert-OH is 1. The SMILES string of the molecule is O=C(Cc1cc(F)ccc1F)N1CCOC[C@@H]1[C@H]1CCC[C@H]1O. The normalized spacial score (nSPS) is 28.1. The Hall–Kier alpha value is -1.53. The molecule has 0 radical (unpaired) electrons. The molecule has 1 aromatic rings. The van der Waals surface area contributed by atoms with Gasteiger partial charge in [0.2, 0.25) is 5.91 Å². The number of ether oxygens (including phenoxy) is 1. The minimum atomic E-state index is -0.578. The second-order valence-electron chi connectivity index (χ2n) is 6.30. The second kappa shape index (κ2) is 6.93. The Morgan fingerprint density at radius 3 is 2.91 bits per heavy atom. The fourth-order valence-corrected chi connectivity index (χ4v) is 3.65. The number of morpholine rings is 1. The van der Waals surface area contributed by atoms with Gasteiger partial charge in [-0.15, -0.1) is 0 Å². The molecule has 1 amide bonds. The molecule has 2 fully saturated rings. The highest BCUT2D eigenvalue weighted by atomic mass is 19.1. The van der Waals surface area contributed by atoms with E-state index in [4.69, 9.17) is 4.74 Å². The van der Waals surface area contributed by atoms with E-state index in [0.29, 0.717) is 19.8 Å². The molecule has 1 saturated heterocycles. The van der Waals surface area contributed by atoms with Crippen molar-refractivity contribution < 1.29 is 23.4 Å². The molecule has 6 heteroatoms. The van der Waals surface area contributed by atoms with Crippen molar-refractivity contribution in [2.75, 3.05) is 19.8 Å². The average Bonchev–Trinajstić information content (AvgIpc) is 2.97. The van der Waals surface area contributed by atoms with Crippen LogP contribution in [0.5, 0.6) is 0 Å². The third-order valence-corrected chi connectivity index (χ3v) is 4.86. The first kappa shape index (κ1) is 16.3. The van der Waals surface area contributed by atoms with E-state index in [1.165, 1.54) is 0 Å². The molecule has 2 aliphatic rings. The zero-order valence-corrected chi connectivity index (χ0v) is 12.9. The zero-order chi connectivity index (χ0) is 16.4. The Kier molecular flexibility index (Phi) is 4.92. The molecule has 1 aliphatic carbocycles. The minimum absolute atomic E-state index is 0.00314.